The molecule has 0 radical (unpaired) electrons. The van der Waals surface area contributed by atoms with Crippen molar-refractivity contribution < 1.29 is 9.53 Å². The van der Waals surface area contributed by atoms with E-state index in [0.717, 1.165) is 58.6 Å². The van der Waals surface area contributed by atoms with E-state index in [4.69, 9.17) is 9.84 Å². The number of ketones is 1. The van der Waals surface area contributed by atoms with Gasteiger partial charge in [-0.1, -0.05) is 26.8 Å². The molecule has 168 valence electrons. The summed E-state index contributed by atoms with van der Waals surface area (Å²) in [6, 6.07) is 14.0. The standard InChI is InChI=1S/C27H28N4O2/c1-27(2,3)24(32)12-16-33-18-9-10-19-20(11-14-29-22(19)17-18)25-23-8-6-15-31(23)30-26(25)21-7-4-5-13-28-21/h4-5,7,9-11,13-14,17H,6,8,12,15-16H2,1-3H3. The van der Waals surface area contributed by atoms with Gasteiger partial charge in [-0.05, 0) is 48.7 Å². The molecular weight excluding hydrogens is 412 g/mol. The minimum absolute atomic E-state index is 0.195. The Hall–Kier alpha value is -3.54. The lowest BCUT2D eigenvalue weighted by molar-refractivity contribution is -0.126. The van der Waals surface area contributed by atoms with Crippen molar-refractivity contribution in [3.63, 3.8) is 0 Å². The Morgan fingerprint density at radius 3 is 2.76 bits per heavy atom. The summed E-state index contributed by atoms with van der Waals surface area (Å²) in [6.45, 7) is 7.10. The second kappa shape index (κ2) is 8.43. The third-order valence-electron chi connectivity index (χ3n) is 6.17. The number of benzene rings is 1. The van der Waals surface area contributed by atoms with Crippen LogP contribution in [0.2, 0.25) is 0 Å². The molecule has 1 aromatic carbocycles. The number of hydrogen-bond acceptors (Lipinski definition) is 5. The van der Waals surface area contributed by atoms with Crippen LogP contribution in [0.3, 0.4) is 0 Å². The first kappa shape index (κ1) is 21.3. The second-order valence-corrected chi connectivity index (χ2v) is 9.52. The van der Waals surface area contributed by atoms with E-state index >= 15 is 0 Å². The topological polar surface area (TPSA) is 69.9 Å². The zero-order valence-electron chi connectivity index (χ0n) is 19.3. The molecule has 3 aromatic heterocycles. The van der Waals surface area contributed by atoms with Crippen LogP contribution in [0.1, 0.15) is 39.3 Å². The Bertz CT molecular complexity index is 1320. The molecule has 0 amide bonds. The van der Waals surface area contributed by atoms with E-state index in [-0.39, 0.29) is 11.2 Å². The maximum atomic E-state index is 12.2. The summed E-state index contributed by atoms with van der Waals surface area (Å²) in [5, 5.41) is 5.97. The molecule has 5 rings (SSSR count). The first-order chi connectivity index (χ1) is 15.9. The van der Waals surface area contributed by atoms with Gasteiger partial charge in [0.15, 0.2) is 0 Å². The fourth-order valence-electron chi connectivity index (χ4n) is 4.37. The summed E-state index contributed by atoms with van der Waals surface area (Å²) in [5.74, 6) is 0.917. The Labute approximate surface area is 193 Å². The third kappa shape index (κ3) is 4.13. The predicted molar refractivity (Wildman–Crippen MR) is 129 cm³/mol. The number of aromatic nitrogens is 4. The van der Waals surface area contributed by atoms with Gasteiger partial charge in [-0.15, -0.1) is 0 Å². The average molecular weight is 441 g/mol. The number of nitrogens with zero attached hydrogens (tertiary/aromatic N) is 4. The normalized spacial score (nSPS) is 13.3. The van der Waals surface area contributed by atoms with E-state index in [2.05, 4.69) is 26.8 Å². The van der Waals surface area contributed by atoms with Crippen LogP contribution in [0, 0.1) is 5.41 Å². The molecule has 0 aliphatic carbocycles. The molecule has 0 unspecified atom stereocenters. The van der Waals surface area contributed by atoms with Crippen molar-refractivity contribution in [3.05, 3.63) is 60.6 Å². The van der Waals surface area contributed by atoms with Crippen LogP contribution in [0.25, 0.3) is 33.4 Å². The molecule has 0 bridgehead atoms. The maximum absolute atomic E-state index is 12.2. The van der Waals surface area contributed by atoms with E-state index in [1.54, 1.807) is 0 Å². The van der Waals surface area contributed by atoms with E-state index < -0.39 is 0 Å². The minimum atomic E-state index is -0.347. The van der Waals surface area contributed by atoms with Crippen LogP contribution in [0.4, 0.5) is 0 Å². The van der Waals surface area contributed by atoms with Crippen molar-refractivity contribution in [1.29, 1.82) is 0 Å². The van der Waals surface area contributed by atoms with Gasteiger partial charge in [0.25, 0.3) is 0 Å². The van der Waals surface area contributed by atoms with Gasteiger partial charge in [0.1, 0.15) is 17.2 Å². The highest BCUT2D eigenvalue weighted by Gasteiger charge is 2.25. The zero-order valence-corrected chi connectivity index (χ0v) is 19.3. The summed E-state index contributed by atoms with van der Waals surface area (Å²) in [5.41, 5.74) is 5.81. The third-order valence-corrected chi connectivity index (χ3v) is 6.17. The quantitative estimate of drug-likeness (QED) is 0.396. The zero-order chi connectivity index (χ0) is 23.0. The number of aryl methyl sites for hydroxylation is 1. The highest BCUT2D eigenvalue weighted by Crippen LogP contribution is 2.40. The molecule has 0 saturated heterocycles. The lowest BCUT2D eigenvalue weighted by Crippen LogP contribution is -2.22. The Kier molecular flexibility index (Phi) is 5.44. The SMILES string of the molecule is CC(C)(C)C(=O)CCOc1ccc2c(-c3c(-c4ccccn4)nn4c3CCC4)ccnc2c1. The number of ether oxygens (including phenoxy) is 1. The molecule has 4 aromatic rings. The van der Waals surface area contributed by atoms with Gasteiger partial charge in [-0.3, -0.25) is 19.4 Å². The number of rotatable bonds is 6. The van der Waals surface area contributed by atoms with Crippen molar-refractivity contribution in [3.8, 4) is 28.3 Å². The van der Waals surface area contributed by atoms with Gasteiger partial charge in [-0.25, -0.2) is 0 Å². The second-order valence-electron chi connectivity index (χ2n) is 9.52. The van der Waals surface area contributed by atoms with Gasteiger partial charge in [0.2, 0.25) is 0 Å². The maximum Gasteiger partial charge on any atom is 0.141 e. The molecule has 4 heterocycles. The summed E-state index contributed by atoms with van der Waals surface area (Å²) >= 11 is 0. The predicted octanol–water partition coefficient (Wildman–Crippen LogP) is 5.49. The van der Waals surface area contributed by atoms with Crippen LogP contribution in [0.5, 0.6) is 5.75 Å². The average Bonchev–Trinajstić information content (AvgIpc) is 3.40. The van der Waals surface area contributed by atoms with Crippen LogP contribution in [-0.2, 0) is 17.8 Å². The summed E-state index contributed by atoms with van der Waals surface area (Å²) in [4.78, 5) is 21.3. The molecule has 0 spiro atoms. The number of carbonyl (C=O) groups excluding carboxylic acids is 1. The molecule has 1 aliphatic heterocycles. The smallest absolute Gasteiger partial charge is 0.141 e. The minimum Gasteiger partial charge on any atom is -0.493 e. The molecule has 1 aliphatic rings. The number of hydrogen-bond donors (Lipinski definition) is 0. The van der Waals surface area contributed by atoms with E-state index in [1.807, 2.05) is 63.5 Å². The molecule has 0 atom stereocenters. The number of pyridine rings is 2. The van der Waals surface area contributed by atoms with Crippen LogP contribution >= 0.6 is 0 Å². The van der Waals surface area contributed by atoms with Crippen molar-refractivity contribution in [2.45, 2.75) is 46.6 Å². The van der Waals surface area contributed by atoms with Gasteiger partial charge in [0.05, 0.1) is 17.8 Å². The van der Waals surface area contributed by atoms with Crippen LogP contribution < -0.4 is 4.74 Å². The highest BCUT2D eigenvalue weighted by atomic mass is 16.5. The van der Waals surface area contributed by atoms with Gasteiger partial charge in [-0.2, -0.15) is 5.10 Å². The molecule has 0 saturated carbocycles. The summed E-state index contributed by atoms with van der Waals surface area (Å²) in [6.07, 6.45) is 6.15. The van der Waals surface area contributed by atoms with Gasteiger partial charge < -0.3 is 4.74 Å². The molecule has 6 heteroatoms. The number of carbonyl (C=O) groups is 1. The molecule has 33 heavy (non-hydrogen) atoms. The van der Waals surface area contributed by atoms with Crippen LogP contribution in [-0.4, -0.2) is 32.1 Å². The van der Waals surface area contributed by atoms with Crippen molar-refractivity contribution in [2.75, 3.05) is 6.61 Å². The van der Waals surface area contributed by atoms with Crippen LogP contribution in [0.15, 0.2) is 54.9 Å². The van der Waals surface area contributed by atoms with E-state index in [9.17, 15) is 4.79 Å². The van der Waals surface area contributed by atoms with Gasteiger partial charge in [0, 0.05) is 53.5 Å². The molecule has 6 nitrogen and oxygen atoms in total. The number of fused-ring (bicyclic) bond motifs is 2. The summed E-state index contributed by atoms with van der Waals surface area (Å²) < 4.78 is 8.01. The van der Waals surface area contributed by atoms with Gasteiger partial charge >= 0.3 is 0 Å². The van der Waals surface area contributed by atoms with Crippen molar-refractivity contribution >= 4 is 16.7 Å². The van der Waals surface area contributed by atoms with Crippen molar-refractivity contribution in [2.24, 2.45) is 5.41 Å². The lowest BCUT2D eigenvalue weighted by Gasteiger charge is -2.16. The van der Waals surface area contributed by atoms with E-state index in [0.29, 0.717) is 13.0 Å². The largest absolute Gasteiger partial charge is 0.493 e. The molecular formula is C27H28N4O2. The Morgan fingerprint density at radius 1 is 1.09 bits per heavy atom. The Balaban J connectivity index is 1.50. The lowest BCUT2D eigenvalue weighted by atomic mass is 9.89. The first-order valence-corrected chi connectivity index (χ1v) is 11.5. The van der Waals surface area contributed by atoms with E-state index in [1.165, 1.54) is 5.69 Å². The molecule has 0 N–H and O–H groups in total. The van der Waals surface area contributed by atoms with Crippen molar-refractivity contribution in [1.82, 2.24) is 19.7 Å². The monoisotopic (exact) mass is 440 g/mol. The first-order valence-electron chi connectivity index (χ1n) is 11.5. The number of Topliss-reactive ketones (excluding diaryl/α,β-unsaturated/α-hetero) is 1. The highest BCUT2D eigenvalue weighted by molar-refractivity contribution is 5.99. The fraction of sp³-hybridized carbons (Fsp3) is 0.333. The fourth-order valence-corrected chi connectivity index (χ4v) is 4.37. The Morgan fingerprint density at radius 2 is 1.97 bits per heavy atom. The molecule has 0 fully saturated rings. The summed E-state index contributed by atoms with van der Waals surface area (Å²) in [7, 11) is 0.